The number of hydrogen-bond acceptors (Lipinski definition) is 26. The molecule has 0 unspecified atom stereocenters. The average molecular weight is 1050 g/mol. The van der Waals surface area contributed by atoms with E-state index in [9.17, 15) is 5.11 Å². The minimum absolute atomic E-state index is 0.00175. The summed E-state index contributed by atoms with van der Waals surface area (Å²) < 4.78 is 153. The summed E-state index contributed by atoms with van der Waals surface area (Å²) in [5.41, 5.74) is 0. The number of ether oxygens (including phenoxy) is 25. The smallest absolute Gasteiger partial charge is 0.187 e. The van der Waals surface area contributed by atoms with Gasteiger partial charge in [0, 0.05) is 120 Å². The van der Waals surface area contributed by atoms with E-state index >= 15 is 0 Å². The van der Waals surface area contributed by atoms with Gasteiger partial charge in [-0.05, 0) is 0 Å². The molecule has 0 N–H and O–H groups in total. The van der Waals surface area contributed by atoms with Crippen LogP contribution in [0.25, 0.3) is 0 Å². The summed E-state index contributed by atoms with van der Waals surface area (Å²) in [6.45, 7) is 0.244. The summed E-state index contributed by atoms with van der Waals surface area (Å²) in [6, 6.07) is 0. The molecule has 0 aromatic rings. The topological polar surface area (TPSA) is 254 Å². The first-order chi connectivity index (χ1) is 34.9. The molecule has 424 valence electrons. The van der Waals surface area contributed by atoms with Crippen molar-refractivity contribution in [2.75, 3.05) is 147 Å². The molecule has 5 rings (SSSR count). The lowest BCUT2D eigenvalue weighted by Gasteiger charge is -2.52. The number of rotatable bonds is 29. The van der Waals surface area contributed by atoms with Crippen molar-refractivity contribution in [3.05, 3.63) is 0 Å². The van der Waals surface area contributed by atoms with Crippen molar-refractivity contribution in [2.45, 2.75) is 154 Å². The van der Waals surface area contributed by atoms with Gasteiger partial charge in [0.1, 0.15) is 116 Å². The van der Waals surface area contributed by atoms with Gasteiger partial charge < -0.3 is 124 Å². The Morgan fingerprint density at radius 2 is 0.431 bits per heavy atom. The molecule has 0 saturated carbocycles. The van der Waals surface area contributed by atoms with Gasteiger partial charge in [0.25, 0.3) is 0 Å². The maximum atomic E-state index is 13.0. The highest BCUT2D eigenvalue weighted by molar-refractivity contribution is 5.01. The molecule has 26 nitrogen and oxygen atoms in total. The Kier molecular flexibility index (Phi) is 26.4. The van der Waals surface area contributed by atoms with Crippen molar-refractivity contribution >= 4 is 0 Å². The van der Waals surface area contributed by atoms with Crippen LogP contribution in [0.4, 0.5) is 0 Å². The predicted octanol–water partition coefficient (Wildman–Crippen LogP) is -2.09. The lowest BCUT2D eigenvalue weighted by atomic mass is 9.94. The van der Waals surface area contributed by atoms with Crippen molar-refractivity contribution in [3.63, 3.8) is 0 Å². The van der Waals surface area contributed by atoms with Gasteiger partial charge in [0.2, 0.25) is 0 Å². The first-order valence-electron chi connectivity index (χ1n) is 23.8. The second-order valence-electron chi connectivity index (χ2n) is 17.6. The Morgan fingerprint density at radius 1 is 0.236 bits per heavy atom. The van der Waals surface area contributed by atoms with Gasteiger partial charge in [0.15, 0.2) is 25.2 Å². The second kappa shape index (κ2) is 30.8. The summed E-state index contributed by atoms with van der Waals surface area (Å²) in [6.07, 6.45) is -22.9. The Morgan fingerprint density at radius 3 is 0.653 bits per heavy atom. The Bertz CT molecular complexity index is 1480. The van der Waals surface area contributed by atoms with E-state index in [1.54, 1.807) is 21.3 Å². The summed E-state index contributed by atoms with van der Waals surface area (Å²) in [5, 5.41) is 13.0. The maximum Gasteiger partial charge on any atom is 0.187 e. The lowest BCUT2D eigenvalue weighted by molar-refractivity contribution is -0.537. The lowest BCUT2D eigenvalue weighted by Crippen LogP contribution is -2.69. The normalized spacial score (nSPS) is 44.0. The van der Waals surface area contributed by atoms with E-state index in [1.807, 2.05) is 0 Å². The molecular weight excluding hydrogens is 968 g/mol. The van der Waals surface area contributed by atoms with Crippen molar-refractivity contribution in [2.24, 2.45) is 0 Å². The van der Waals surface area contributed by atoms with Crippen LogP contribution in [0.5, 0.6) is 0 Å². The molecule has 0 aliphatic carbocycles. The largest absolute Gasteiger partial charge is 0.829 e. The fourth-order valence-corrected chi connectivity index (χ4v) is 10.5. The van der Waals surface area contributed by atoms with Crippen LogP contribution < -0.4 is 5.11 Å². The highest BCUT2D eigenvalue weighted by atomic mass is 16.8. The van der Waals surface area contributed by atoms with Crippen LogP contribution in [0.15, 0.2) is 0 Å². The zero-order chi connectivity index (χ0) is 52.6. The summed E-state index contributed by atoms with van der Waals surface area (Å²) >= 11 is 0. The van der Waals surface area contributed by atoms with Crippen LogP contribution >= 0.6 is 0 Å². The highest BCUT2D eigenvalue weighted by Gasteiger charge is 2.58. The molecule has 0 spiro atoms. The summed E-state index contributed by atoms with van der Waals surface area (Å²) in [5.74, 6) is 0. The van der Waals surface area contributed by atoms with Crippen LogP contribution in [0.1, 0.15) is 0 Å². The van der Waals surface area contributed by atoms with Crippen LogP contribution in [0.2, 0.25) is 0 Å². The Labute approximate surface area is 423 Å². The second-order valence-corrected chi connectivity index (χ2v) is 17.6. The van der Waals surface area contributed by atoms with E-state index in [0.29, 0.717) is 0 Å². The molecule has 0 radical (unpaired) electrons. The number of methoxy groups -OCH3 is 16. The number of hydrogen-bond donors (Lipinski definition) is 0. The van der Waals surface area contributed by atoms with E-state index in [2.05, 4.69) is 0 Å². The van der Waals surface area contributed by atoms with Crippen molar-refractivity contribution in [1.29, 1.82) is 0 Å². The average Bonchev–Trinajstić information content (AvgIpc) is 3.38. The third kappa shape index (κ3) is 13.8. The Hall–Kier alpha value is -1.04. The van der Waals surface area contributed by atoms with Crippen LogP contribution in [0.3, 0.4) is 0 Å². The van der Waals surface area contributed by atoms with Gasteiger partial charge in [-0.3, -0.25) is 0 Å². The van der Waals surface area contributed by atoms with Gasteiger partial charge in [-0.1, -0.05) is 0 Å². The van der Waals surface area contributed by atoms with Gasteiger partial charge in [-0.2, -0.15) is 0 Å². The zero-order valence-corrected chi connectivity index (χ0v) is 44.6. The highest BCUT2D eigenvalue weighted by Crippen LogP contribution is 2.39. The zero-order valence-electron chi connectivity index (χ0n) is 44.6. The minimum atomic E-state index is -1.57. The first kappa shape index (κ1) is 61.8. The van der Waals surface area contributed by atoms with Crippen molar-refractivity contribution in [3.8, 4) is 0 Å². The van der Waals surface area contributed by atoms with E-state index in [0.717, 1.165) is 0 Å². The molecule has 25 atom stereocenters. The molecule has 0 aromatic carbocycles. The predicted molar refractivity (Wildman–Crippen MR) is 241 cm³/mol. The SMILES string of the molecule is COC[C@H]1O[C@@H]([O-])[C@H](OC)[C@@H](OC)[C@@H]1O[C@@H]1O[C@H](COC)[C@@H](O[C@@H]2O[C@H](COC)[C@@H](O[C@@H]3O[C@H](COC)[C@@H](O[C@@H]4O[C@H](COC)[C@@H](OC)[C@H](OC)[C@H]4OC)[C@H](OC)[C@H]3OC)[C@H](OC)[C@H]2OC)[C@H](OC)[C@H]1OC. The molecule has 0 amide bonds. The van der Waals surface area contributed by atoms with E-state index in [1.165, 1.54) is 92.4 Å². The van der Waals surface area contributed by atoms with Crippen LogP contribution in [0, 0.1) is 0 Å². The van der Waals surface area contributed by atoms with Gasteiger partial charge in [-0.25, -0.2) is 0 Å². The molecule has 5 saturated heterocycles. The quantitative estimate of drug-likeness (QED) is 0.0779. The van der Waals surface area contributed by atoms with Crippen molar-refractivity contribution < 1.29 is 124 Å². The van der Waals surface area contributed by atoms with Gasteiger partial charge >= 0.3 is 0 Å². The van der Waals surface area contributed by atoms with Gasteiger partial charge in [0.05, 0.1) is 39.1 Å². The Balaban J connectivity index is 1.41. The van der Waals surface area contributed by atoms with Gasteiger partial charge in [-0.15, -0.1) is 0 Å². The fourth-order valence-electron chi connectivity index (χ4n) is 10.5. The van der Waals surface area contributed by atoms with E-state index in [4.69, 9.17) is 118 Å². The molecule has 5 fully saturated rings. The molecule has 72 heavy (non-hydrogen) atoms. The van der Waals surface area contributed by atoms with Crippen LogP contribution in [-0.4, -0.2) is 300 Å². The molecule has 0 aromatic heterocycles. The molecule has 0 bridgehead atoms. The molecule has 5 aliphatic heterocycles. The molecule has 5 heterocycles. The third-order valence-corrected chi connectivity index (χ3v) is 13.8. The molecule has 5 aliphatic rings. The van der Waals surface area contributed by atoms with E-state index in [-0.39, 0.29) is 33.0 Å². The maximum absolute atomic E-state index is 13.0. The summed E-state index contributed by atoms with van der Waals surface area (Å²) in [4.78, 5) is 0. The standard InChI is InChI=1S/C46H83O26/c1-48-17-22-27(53-6)32(54-7)38(60-13)43(65-22)70-29-24(19-50-3)67-45(40(62-15)34(29)56-9)72-31-26(21-52-5)68-46(41(63-16)36(31)58-11)71-30-25(20-51-4)66-44(39(61-14)35(30)57-10)69-28-23(18-49-2)64-42(47)37(59-12)33(28)55-8/h22-46H,17-21H2,1-16H3/q-1/t22-,23-,24-,25-,26-,27-,28-,29-,30-,31-,32+,33+,34+,35+,36+,37-,38-,39-,40-,41-,42-,43+,44+,45+,46+/m1/s1. The third-order valence-electron chi connectivity index (χ3n) is 13.8. The van der Waals surface area contributed by atoms with Crippen molar-refractivity contribution in [1.82, 2.24) is 0 Å². The molecule has 26 heteroatoms. The van der Waals surface area contributed by atoms with Crippen LogP contribution in [-0.2, 0) is 118 Å². The monoisotopic (exact) mass is 1050 g/mol. The van der Waals surface area contributed by atoms with E-state index < -0.39 is 154 Å². The molecular formula is C46H83O26-. The first-order valence-corrected chi connectivity index (χ1v) is 23.8. The minimum Gasteiger partial charge on any atom is -0.829 e. The fraction of sp³-hybridized carbons (Fsp3) is 1.00. The summed E-state index contributed by atoms with van der Waals surface area (Å²) in [7, 11) is 24.1.